The Hall–Kier alpha value is -0.120. The molecule has 0 saturated carbocycles. The van der Waals surface area contributed by atoms with Gasteiger partial charge in [0, 0.05) is 12.6 Å². The summed E-state index contributed by atoms with van der Waals surface area (Å²) in [5, 5.41) is 12.0. The highest BCUT2D eigenvalue weighted by molar-refractivity contribution is 4.95. The quantitative estimate of drug-likeness (QED) is 0.588. The van der Waals surface area contributed by atoms with Crippen molar-refractivity contribution in [1.29, 1.82) is 0 Å². The van der Waals surface area contributed by atoms with Crippen LogP contribution in [0.5, 0.6) is 0 Å². The summed E-state index contributed by atoms with van der Waals surface area (Å²) in [6.07, 6.45) is 0. The summed E-state index contributed by atoms with van der Waals surface area (Å²) in [4.78, 5) is 0. The minimum Gasteiger partial charge on any atom is -0.785 e. The van der Waals surface area contributed by atoms with Crippen molar-refractivity contribution in [2.75, 3.05) is 14.2 Å². The Morgan fingerprint density at radius 2 is 1.55 bits per heavy atom. The molecule has 3 nitrogen and oxygen atoms in total. The van der Waals surface area contributed by atoms with Gasteiger partial charge in [-0.05, 0) is 34.7 Å². The molecule has 0 rings (SSSR count). The number of likely N-dealkylation sites (N-methyl/N-ethyl adjacent to an activating group) is 1. The number of hydrogen-bond acceptors (Lipinski definition) is 3. The minimum absolute atomic E-state index is 0.427. The van der Waals surface area contributed by atoms with Crippen LogP contribution in [0.3, 0.4) is 0 Å². The van der Waals surface area contributed by atoms with E-state index in [1.54, 1.807) is 7.11 Å². The van der Waals surface area contributed by atoms with Crippen LogP contribution in [0.15, 0.2) is 0 Å². The Kier molecular flexibility index (Phi) is 3.06. The zero-order valence-electron chi connectivity index (χ0n) is 8.26. The molecule has 0 aliphatic rings. The van der Waals surface area contributed by atoms with Crippen LogP contribution in [0, 0.1) is 5.21 Å². The minimum atomic E-state index is -0.498. The summed E-state index contributed by atoms with van der Waals surface area (Å²) in [5.74, 6) is 0. The van der Waals surface area contributed by atoms with Crippen molar-refractivity contribution in [3.63, 3.8) is 0 Å². The Balaban J connectivity index is 4.53. The predicted octanol–water partition coefficient (Wildman–Crippen LogP) is 1.62. The molecule has 0 N–H and O–H groups in total. The summed E-state index contributed by atoms with van der Waals surface area (Å²) < 4.78 is 5.22. The normalized spacial score (nSPS) is 14.2. The lowest BCUT2D eigenvalue weighted by Crippen LogP contribution is -2.55. The fourth-order valence-electron chi connectivity index (χ4n) is 0.629. The molecule has 0 aliphatic heterocycles. The van der Waals surface area contributed by atoms with Crippen LogP contribution in [-0.4, -0.2) is 30.4 Å². The molecule has 0 saturated heterocycles. The molecule has 0 aromatic rings. The van der Waals surface area contributed by atoms with Crippen LogP contribution in [0.1, 0.15) is 27.7 Å². The number of ether oxygens (including phenoxy) is 1. The van der Waals surface area contributed by atoms with Gasteiger partial charge < -0.3 is 15.0 Å². The Morgan fingerprint density at radius 1 is 1.18 bits per heavy atom. The van der Waals surface area contributed by atoms with E-state index >= 15 is 0 Å². The summed E-state index contributed by atoms with van der Waals surface area (Å²) in [7, 11) is 3.13. The first-order chi connectivity index (χ1) is 4.75. The Morgan fingerprint density at radius 3 is 1.64 bits per heavy atom. The van der Waals surface area contributed by atoms with E-state index in [1.165, 1.54) is 7.05 Å². The molecule has 0 aromatic carbocycles. The second-order valence-corrected chi connectivity index (χ2v) is 3.77. The van der Waals surface area contributed by atoms with Crippen LogP contribution in [-0.2, 0) is 4.74 Å². The molecular formula is C8H18NO2-. The fourth-order valence-corrected chi connectivity index (χ4v) is 0.629. The van der Waals surface area contributed by atoms with Crippen molar-refractivity contribution >= 4 is 0 Å². The molecule has 0 atom stereocenters. The average molecular weight is 160 g/mol. The van der Waals surface area contributed by atoms with Gasteiger partial charge in [0.05, 0.1) is 5.60 Å². The van der Waals surface area contributed by atoms with Crippen LogP contribution < -0.4 is 0 Å². The summed E-state index contributed by atoms with van der Waals surface area (Å²) >= 11 is 0. The molecule has 0 fully saturated rings. The topological polar surface area (TPSA) is 35.5 Å². The maximum atomic E-state index is 11.1. The summed E-state index contributed by atoms with van der Waals surface area (Å²) in [5.41, 5.74) is -0.925. The summed E-state index contributed by atoms with van der Waals surface area (Å²) in [6.45, 7) is 7.54. The summed E-state index contributed by atoms with van der Waals surface area (Å²) in [6, 6.07) is 0. The first-order valence-electron chi connectivity index (χ1n) is 3.72. The van der Waals surface area contributed by atoms with E-state index in [9.17, 15) is 5.21 Å². The van der Waals surface area contributed by atoms with Gasteiger partial charge >= 0.3 is 0 Å². The number of hydrogen-bond donors (Lipinski definition) is 0. The van der Waals surface area contributed by atoms with Crippen molar-refractivity contribution in [2.45, 2.75) is 38.8 Å². The van der Waals surface area contributed by atoms with Crippen molar-refractivity contribution in [3.05, 3.63) is 5.21 Å². The van der Waals surface area contributed by atoms with Gasteiger partial charge in [-0.3, -0.25) is 0 Å². The molecule has 68 valence electrons. The second kappa shape index (κ2) is 3.09. The lowest BCUT2D eigenvalue weighted by atomic mass is 9.85. The molecule has 0 heterocycles. The Bertz CT molecular complexity index is 130. The van der Waals surface area contributed by atoms with Crippen LogP contribution >= 0.6 is 0 Å². The molecule has 0 aliphatic carbocycles. The van der Waals surface area contributed by atoms with Gasteiger partial charge in [-0.25, -0.2) is 0 Å². The third-order valence-electron chi connectivity index (χ3n) is 2.77. The smallest absolute Gasteiger partial charge is 0.0791 e. The SMILES string of the molecule is COC(C)(C)C(C)(C)N(C)[O-]. The highest BCUT2D eigenvalue weighted by Gasteiger charge is 2.36. The number of hydroxylamine groups is 2. The van der Waals surface area contributed by atoms with Crippen molar-refractivity contribution in [3.8, 4) is 0 Å². The average Bonchev–Trinajstić information content (AvgIpc) is 1.87. The van der Waals surface area contributed by atoms with Gasteiger partial charge in [0.15, 0.2) is 0 Å². The zero-order chi connectivity index (χ0) is 9.28. The third kappa shape index (κ3) is 1.92. The van der Waals surface area contributed by atoms with Crippen molar-refractivity contribution < 1.29 is 4.74 Å². The standard InChI is InChI=1S/C8H18NO2/c1-7(2,9(5)10)8(3,4)11-6/h1-6H3/q-1. The highest BCUT2D eigenvalue weighted by atomic mass is 16.5. The highest BCUT2D eigenvalue weighted by Crippen LogP contribution is 2.28. The van der Waals surface area contributed by atoms with Gasteiger partial charge in [-0.2, -0.15) is 0 Å². The molecule has 0 amide bonds. The molecule has 0 radical (unpaired) electrons. The number of methoxy groups -OCH3 is 1. The lowest BCUT2D eigenvalue weighted by Gasteiger charge is -2.50. The van der Waals surface area contributed by atoms with E-state index in [0.717, 1.165) is 5.06 Å². The first kappa shape index (κ1) is 10.9. The lowest BCUT2D eigenvalue weighted by molar-refractivity contribution is -0.0772. The molecule has 0 unspecified atom stereocenters. The zero-order valence-corrected chi connectivity index (χ0v) is 8.26. The van der Waals surface area contributed by atoms with Gasteiger partial charge in [0.1, 0.15) is 0 Å². The van der Waals surface area contributed by atoms with E-state index in [0.29, 0.717) is 0 Å². The molecule has 3 heteroatoms. The van der Waals surface area contributed by atoms with Crippen LogP contribution in [0.4, 0.5) is 0 Å². The van der Waals surface area contributed by atoms with Crippen LogP contribution in [0.2, 0.25) is 0 Å². The molecular weight excluding hydrogens is 142 g/mol. The van der Waals surface area contributed by atoms with E-state index < -0.39 is 11.1 Å². The Labute approximate surface area is 68.9 Å². The molecule has 11 heavy (non-hydrogen) atoms. The maximum absolute atomic E-state index is 11.1. The van der Waals surface area contributed by atoms with E-state index in [2.05, 4.69) is 0 Å². The van der Waals surface area contributed by atoms with E-state index in [-0.39, 0.29) is 0 Å². The van der Waals surface area contributed by atoms with Crippen LogP contribution in [0.25, 0.3) is 0 Å². The first-order valence-corrected chi connectivity index (χ1v) is 3.72. The second-order valence-electron chi connectivity index (χ2n) is 3.77. The monoisotopic (exact) mass is 160 g/mol. The number of nitrogens with zero attached hydrogens (tertiary/aromatic N) is 1. The van der Waals surface area contributed by atoms with E-state index in [4.69, 9.17) is 4.74 Å². The van der Waals surface area contributed by atoms with Gasteiger partial charge in [-0.1, -0.05) is 0 Å². The molecule has 0 aromatic heterocycles. The van der Waals surface area contributed by atoms with Gasteiger partial charge in [0.25, 0.3) is 0 Å². The van der Waals surface area contributed by atoms with Crippen molar-refractivity contribution in [1.82, 2.24) is 5.06 Å². The van der Waals surface area contributed by atoms with Crippen molar-refractivity contribution in [2.24, 2.45) is 0 Å². The van der Waals surface area contributed by atoms with Gasteiger partial charge in [-0.15, -0.1) is 0 Å². The fraction of sp³-hybridized carbons (Fsp3) is 1.00. The van der Waals surface area contributed by atoms with E-state index in [1.807, 2.05) is 27.7 Å². The molecule has 0 spiro atoms. The predicted molar refractivity (Wildman–Crippen MR) is 46.3 cm³/mol. The third-order valence-corrected chi connectivity index (χ3v) is 2.77. The number of rotatable bonds is 3. The van der Waals surface area contributed by atoms with Gasteiger partial charge in [0.2, 0.25) is 0 Å². The largest absolute Gasteiger partial charge is 0.785 e. The maximum Gasteiger partial charge on any atom is 0.0791 e. The molecule has 0 bridgehead atoms.